The third-order valence-corrected chi connectivity index (χ3v) is 3.67. The minimum atomic E-state index is -3.94. The fraction of sp³-hybridized carbons (Fsp3) is 0. The van der Waals surface area contributed by atoms with Gasteiger partial charge >= 0.3 is 6.03 Å². The van der Waals surface area contributed by atoms with Crippen molar-refractivity contribution in [1.29, 1.82) is 0 Å². The van der Waals surface area contributed by atoms with Gasteiger partial charge < -0.3 is 5.73 Å². The Hall–Kier alpha value is -2.61. The summed E-state index contributed by atoms with van der Waals surface area (Å²) in [5.74, 6) is 0.248. The quantitative estimate of drug-likeness (QED) is 0.735. The molecule has 104 valence electrons. The van der Waals surface area contributed by atoms with Crippen molar-refractivity contribution in [3.8, 4) is 0 Å². The number of rotatable bonds is 3. The van der Waals surface area contributed by atoms with Gasteiger partial charge in [0.05, 0.1) is 4.90 Å². The lowest BCUT2D eigenvalue weighted by Crippen LogP contribution is -2.34. The topological polar surface area (TPSA) is 114 Å². The summed E-state index contributed by atoms with van der Waals surface area (Å²) in [6.45, 7) is 0. The Morgan fingerprint density at radius 3 is 2.40 bits per heavy atom. The highest BCUT2D eigenvalue weighted by molar-refractivity contribution is 7.90. The lowest BCUT2D eigenvalue weighted by atomic mass is 10.3. The van der Waals surface area contributed by atoms with Crippen LogP contribution in [0, 0.1) is 0 Å². The molecule has 8 heteroatoms. The van der Waals surface area contributed by atoms with E-state index in [4.69, 9.17) is 5.73 Å². The van der Waals surface area contributed by atoms with Crippen LogP contribution in [0.15, 0.2) is 53.6 Å². The second-order valence-electron chi connectivity index (χ2n) is 3.84. The number of nitrogens with zero attached hydrogens (tertiary/aromatic N) is 1. The maximum atomic E-state index is 11.9. The van der Waals surface area contributed by atoms with Gasteiger partial charge in [0.15, 0.2) is 0 Å². The molecule has 0 bridgehead atoms. The van der Waals surface area contributed by atoms with Crippen molar-refractivity contribution in [3.63, 3.8) is 0 Å². The van der Waals surface area contributed by atoms with E-state index in [1.807, 2.05) is 4.72 Å². The summed E-state index contributed by atoms with van der Waals surface area (Å²) in [7, 11) is -3.94. The number of hydrogen-bond acceptors (Lipinski definition) is 5. The smallest absolute Gasteiger partial charge is 0.334 e. The summed E-state index contributed by atoms with van der Waals surface area (Å²) in [6.07, 6.45) is 1.48. The van der Waals surface area contributed by atoms with Crippen molar-refractivity contribution >= 4 is 27.6 Å². The van der Waals surface area contributed by atoms with E-state index in [0.717, 1.165) is 0 Å². The number of nitrogens with one attached hydrogen (secondary N) is 2. The lowest BCUT2D eigenvalue weighted by Gasteiger charge is -2.08. The molecule has 1 aromatic heterocycles. The van der Waals surface area contributed by atoms with Crippen molar-refractivity contribution in [2.45, 2.75) is 4.90 Å². The lowest BCUT2D eigenvalue weighted by molar-refractivity contribution is 0.256. The normalized spacial score (nSPS) is 10.8. The Balaban J connectivity index is 2.08. The molecular formula is C12H12N4O3S. The minimum absolute atomic E-state index is 0.0529. The highest BCUT2D eigenvalue weighted by Gasteiger charge is 2.17. The highest BCUT2D eigenvalue weighted by Crippen LogP contribution is 2.11. The van der Waals surface area contributed by atoms with Crippen molar-refractivity contribution in [1.82, 2.24) is 9.71 Å². The molecule has 0 aliphatic rings. The highest BCUT2D eigenvalue weighted by atomic mass is 32.2. The van der Waals surface area contributed by atoms with Crippen molar-refractivity contribution in [3.05, 3.63) is 48.7 Å². The summed E-state index contributed by atoms with van der Waals surface area (Å²) < 4.78 is 25.7. The number of hydrogen-bond donors (Lipinski definition) is 3. The number of aromatic nitrogens is 1. The average molecular weight is 292 g/mol. The third-order valence-electron chi connectivity index (χ3n) is 2.32. The number of carbonyl (C=O) groups is 1. The maximum Gasteiger partial charge on any atom is 0.334 e. The summed E-state index contributed by atoms with van der Waals surface area (Å²) >= 11 is 0. The van der Waals surface area contributed by atoms with Crippen LogP contribution in [0.25, 0.3) is 0 Å². The van der Waals surface area contributed by atoms with Gasteiger partial charge in [-0.05, 0) is 36.4 Å². The second-order valence-corrected chi connectivity index (χ2v) is 5.53. The summed E-state index contributed by atoms with van der Waals surface area (Å²) in [5, 5.41) is 2.31. The van der Waals surface area contributed by atoms with Crippen LogP contribution in [0.5, 0.6) is 0 Å². The first-order chi connectivity index (χ1) is 9.47. The number of pyridine rings is 1. The van der Waals surface area contributed by atoms with Gasteiger partial charge in [0.1, 0.15) is 5.82 Å². The number of benzene rings is 1. The van der Waals surface area contributed by atoms with Crippen LogP contribution >= 0.6 is 0 Å². The van der Waals surface area contributed by atoms with Crippen LogP contribution < -0.4 is 15.8 Å². The number of sulfonamides is 1. The fourth-order valence-corrected chi connectivity index (χ4v) is 2.31. The molecule has 0 spiro atoms. The Labute approximate surface area is 115 Å². The molecule has 2 aromatic rings. The van der Waals surface area contributed by atoms with E-state index in [-0.39, 0.29) is 10.7 Å². The Bertz CT molecular complexity index is 699. The number of urea groups is 1. The largest absolute Gasteiger partial charge is 0.399 e. The molecular weight excluding hydrogens is 280 g/mol. The molecule has 2 amide bonds. The van der Waals surface area contributed by atoms with Gasteiger partial charge in [0.2, 0.25) is 0 Å². The molecule has 0 fully saturated rings. The van der Waals surface area contributed by atoms with Crippen LogP contribution in [0.1, 0.15) is 0 Å². The number of carbonyl (C=O) groups excluding carboxylic acids is 1. The van der Waals surface area contributed by atoms with E-state index < -0.39 is 16.1 Å². The Morgan fingerprint density at radius 2 is 1.80 bits per heavy atom. The molecule has 0 aliphatic heterocycles. The van der Waals surface area contributed by atoms with E-state index in [9.17, 15) is 13.2 Å². The van der Waals surface area contributed by atoms with Crippen molar-refractivity contribution in [2.24, 2.45) is 0 Å². The van der Waals surface area contributed by atoms with Crippen molar-refractivity contribution < 1.29 is 13.2 Å². The van der Waals surface area contributed by atoms with E-state index >= 15 is 0 Å². The third kappa shape index (κ3) is 3.45. The summed E-state index contributed by atoms with van der Waals surface area (Å²) in [6, 6.07) is 9.48. The van der Waals surface area contributed by atoms with E-state index in [1.165, 1.54) is 36.5 Å². The molecule has 2 rings (SSSR count). The predicted molar refractivity (Wildman–Crippen MR) is 74.4 cm³/mol. The number of anilines is 2. The van der Waals surface area contributed by atoms with Crippen LogP contribution in [-0.4, -0.2) is 19.4 Å². The van der Waals surface area contributed by atoms with Crippen LogP contribution in [0.4, 0.5) is 16.3 Å². The molecule has 4 N–H and O–H groups in total. The first-order valence-electron chi connectivity index (χ1n) is 5.58. The zero-order valence-corrected chi connectivity index (χ0v) is 11.1. The van der Waals surface area contributed by atoms with Crippen LogP contribution in [0.2, 0.25) is 0 Å². The Morgan fingerprint density at radius 1 is 1.10 bits per heavy atom. The van der Waals surface area contributed by atoms with Gasteiger partial charge in [0, 0.05) is 11.9 Å². The number of nitrogen functional groups attached to an aromatic ring is 1. The molecule has 1 aromatic carbocycles. The molecule has 0 radical (unpaired) electrons. The molecule has 20 heavy (non-hydrogen) atoms. The Kier molecular flexibility index (Phi) is 3.85. The molecule has 0 saturated heterocycles. The zero-order chi connectivity index (χ0) is 14.6. The van der Waals surface area contributed by atoms with Crippen molar-refractivity contribution in [2.75, 3.05) is 11.1 Å². The monoisotopic (exact) mass is 292 g/mol. The van der Waals surface area contributed by atoms with Gasteiger partial charge in [0.25, 0.3) is 10.0 Å². The maximum absolute atomic E-state index is 11.9. The van der Waals surface area contributed by atoms with E-state index in [2.05, 4.69) is 10.3 Å². The summed E-state index contributed by atoms with van der Waals surface area (Å²) in [4.78, 5) is 15.4. The van der Waals surface area contributed by atoms with E-state index in [1.54, 1.807) is 12.1 Å². The standard InChI is InChI=1S/C12H12N4O3S/c13-9-4-6-10(7-5-9)20(18,19)16-12(17)15-11-3-1-2-8-14-11/h1-8H,13H2,(H2,14,15,16,17). The second kappa shape index (κ2) is 5.57. The average Bonchev–Trinajstić information content (AvgIpc) is 2.39. The van der Waals surface area contributed by atoms with Gasteiger partial charge in [-0.1, -0.05) is 6.07 Å². The summed E-state index contributed by atoms with van der Waals surface area (Å²) in [5.41, 5.74) is 5.90. The fourth-order valence-electron chi connectivity index (χ4n) is 1.41. The van der Waals surface area contributed by atoms with Crippen LogP contribution in [0.3, 0.4) is 0 Å². The molecule has 7 nitrogen and oxygen atoms in total. The minimum Gasteiger partial charge on any atom is -0.399 e. The van der Waals surface area contributed by atoms with Gasteiger partial charge in [-0.25, -0.2) is 22.9 Å². The zero-order valence-electron chi connectivity index (χ0n) is 10.3. The van der Waals surface area contributed by atoms with Gasteiger partial charge in [-0.15, -0.1) is 0 Å². The molecule has 1 heterocycles. The molecule has 0 aliphatic carbocycles. The van der Waals surface area contributed by atoms with Gasteiger partial charge in [-0.2, -0.15) is 0 Å². The van der Waals surface area contributed by atoms with E-state index in [0.29, 0.717) is 5.69 Å². The SMILES string of the molecule is Nc1ccc(S(=O)(=O)NC(=O)Nc2ccccn2)cc1. The predicted octanol–water partition coefficient (Wildman–Crippen LogP) is 1.17. The van der Waals surface area contributed by atoms with Gasteiger partial charge in [-0.3, -0.25) is 5.32 Å². The molecule has 0 saturated carbocycles. The number of amides is 2. The molecule has 0 atom stereocenters. The van der Waals surface area contributed by atoms with Crippen LogP contribution in [-0.2, 0) is 10.0 Å². The molecule has 0 unspecified atom stereocenters. The first kappa shape index (κ1) is 13.8. The first-order valence-corrected chi connectivity index (χ1v) is 7.06. The number of nitrogens with two attached hydrogens (primary N) is 1.